The van der Waals surface area contributed by atoms with Gasteiger partial charge in [0.15, 0.2) is 23.0 Å². The summed E-state index contributed by atoms with van der Waals surface area (Å²) in [7, 11) is 4.74. The van der Waals surface area contributed by atoms with Crippen molar-refractivity contribution in [3.8, 4) is 11.5 Å². The number of rotatable bonds is 5. The number of nitrogens with one attached hydrogen (secondary N) is 1. The molecule has 6 unspecified atom stereocenters. The Labute approximate surface area is 227 Å². The van der Waals surface area contributed by atoms with Gasteiger partial charge in [-0.05, 0) is 51.8 Å². The van der Waals surface area contributed by atoms with E-state index in [0.717, 1.165) is 11.1 Å². The van der Waals surface area contributed by atoms with Crippen LogP contribution in [-0.4, -0.2) is 95.7 Å². The van der Waals surface area contributed by atoms with Crippen LogP contribution < -0.4 is 15.8 Å². The van der Waals surface area contributed by atoms with Crippen LogP contribution in [0, 0.1) is 6.92 Å². The number of carbonyl (C=O) groups is 3. The molecule has 0 aromatic heterocycles. The van der Waals surface area contributed by atoms with Gasteiger partial charge in [-0.1, -0.05) is 6.07 Å². The second-order valence-electron chi connectivity index (χ2n) is 10.9. The number of phenols is 1. The molecule has 6 atom stereocenters. The van der Waals surface area contributed by atoms with Crippen molar-refractivity contribution in [1.29, 1.82) is 0 Å². The summed E-state index contributed by atoms with van der Waals surface area (Å²) in [5.74, 6) is -0.774. The van der Waals surface area contributed by atoms with Crippen LogP contribution in [0.4, 0.5) is 0 Å². The highest BCUT2D eigenvalue weighted by Gasteiger charge is 2.57. The number of aromatic hydroxyl groups is 1. The van der Waals surface area contributed by atoms with Crippen molar-refractivity contribution in [2.45, 2.75) is 70.0 Å². The molecule has 0 spiro atoms. The highest BCUT2D eigenvalue weighted by molar-refractivity contribution is 6.25. The number of ether oxygens (including phenoxy) is 2. The number of piperazine rings is 1. The number of amides is 1. The van der Waals surface area contributed by atoms with Gasteiger partial charge in [-0.15, -0.1) is 0 Å². The smallest absolute Gasteiger partial charge is 0.236 e. The van der Waals surface area contributed by atoms with E-state index in [4.69, 9.17) is 15.2 Å². The average molecular weight is 541 g/mol. The first-order chi connectivity index (χ1) is 18.4. The fraction of sp³-hybridized carbons (Fsp3) is 0.536. The van der Waals surface area contributed by atoms with Gasteiger partial charge in [-0.2, -0.15) is 0 Å². The molecular weight excluding hydrogens is 504 g/mol. The minimum Gasteiger partial charge on any atom is -0.504 e. The number of hydrogen-bond acceptors (Lipinski definition) is 10. The Morgan fingerprint density at radius 1 is 1.18 bits per heavy atom. The molecular formula is C28H36N4O7. The quantitative estimate of drug-likeness (QED) is 0.381. The average Bonchev–Trinajstić information content (AvgIpc) is 2.88. The predicted octanol–water partition coefficient (Wildman–Crippen LogP) is 0.214. The Hall–Kier alpha value is -3.25. The number of fused-ring (bicyclic) bond motifs is 6. The van der Waals surface area contributed by atoms with E-state index in [1.54, 1.807) is 13.8 Å². The number of Topliss-reactive ketones (excluding diaryl/α,β-unsaturated/α-hetero) is 2. The molecule has 5 rings (SSSR count). The molecule has 4 aliphatic rings. The second kappa shape index (κ2) is 9.74. The van der Waals surface area contributed by atoms with E-state index in [1.165, 1.54) is 14.2 Å². The number of methoxy groups -OCH3 is 2. The van der Waals surface area contributed by atoms with Crippen molar-refractivity contribution in [3.63, 3.8) is 0 Å². The highest BCUT2D eigenvalue weighted by atomic mass is 16.5. The third-order valence-corrected chi connectivity index (χ3v) is 8.78. The second-order valence-corrected chi connectivity index (χ2v) is 10.9. The van der Waals surface area contributed by atoms with E-state index in [-0.39, 0.29) is 47.4 Å². The van der Waals surface area contributed by atoms with Crippen LogP contribution >= 0.6 is 0 Å². The molecule has 1 saturated heterocycles. The topological polar surface area (TPSA) is 155 Å². The van der Waals surface area contributed by atoms with Crippen LogP contribution in [0.5, 0.6) is 11.5 Å². The van der Waals surface area contributed by atoms with Gasteiger partial charge in [-0.3, -0.25) is 24.2 Å². The first-order valence-electron chi connectivity index (χ1n) is 13.1. The number of nitrogens with zero attached hydrogens (tertiary/aromatic N) is 2. The van der Waals surface area contributed by atoms with Crippen molar-refractivity contribution in [3.05, 3.63) is 45.2 Å². The Morgan fingerprint density at radius 3 is 2.49 bits per heavy atom. The van der Waals surface area contributed by atoms with Gasteiger partial charge in [0, 0.05) is 34.9 Å². The maximum absolute atomic E-state index is 13.7. The van der Waals surface area contributed by atoms with Crippen molar-refractivity contribution in [2.75, 3.05) is 27.8 Å². The number of ketones is 2. The summed E-state index contributed by atoms with van der Waals surface area (Å²) in [4.78, 5) is 43.7. The van der Waals surface area contributed by atoms with Crippen molar-refractivity contribution in [1.82, 2.24) is 15.1 Å². The zero-order valence-corrected chi connectivity index (χ0v) is 23.1. The predicted molar refractivity (Wildman–Crippen MR) is 141 cm³/mol. The van der Waals surface area contributed by atoms with Crippen molar-refractivity contribution >= 4 is 17.5 Å². The maximum Gasteiger partial charge on any atom is 0.236 e. The zero-order chi connectivity index (χ0) is 28.5. The number of hydrogen-bond donors (Lipinski definition) is 4. The van der Waals surface area contributed by atoms with Crippen LogP contribution in [-0.2, 0) is 25.5 Å². The van der Waals surface area contributed by atoms with Crippen LogP contribution in [0.1, 0.15) is 43.0 Å². The molecule has 2 bridgehead atoms. The number of likely N-dealkylation sites (N-methyl/N-ethyl adjacent to an activating group) is 1. The number of benzene rings is 1. The normalized spacial score (nSPS) is 29.5. The number of nitrogens with two attached hydrogens (primary N) is 1. The molecule has 39 heavy (non-hydrogen) atoms. The molecule has 1 amide bonds. The van der Waals surface area contributed by atoms with Crippen LogP contribution in [0.3, 0.4) is 0 Å². The third kappa shape index (κ3) is 3.90. The molecule has 1 aliphatic carbocycles. The van der Waals surface area contributed by atoms with Gasteiger partial charge in [0.25, 0.3) is 0 Å². The molecule has 0 radical (unpaired) electrons. The highest BCUT2D eigenvalue weighted by Crippen LogP contribution is 2.53. The first kappa shape index (κ1) is 27.3. The summed E-state index contributed by atoms with van der Waals surface area (Å²) < 4.78 is 10.8. The van der Waals surface area contributed by atoms with Crippen LogP contribution in [0.2, 0.25) is 0 Å². The molecule has 11 nitrogen and oxygen atoms in total. The lowest BCUT2D eigenvalue weighted by Gasteiger charge is -2.60. The Balaban J connectivity index is 1.69. The van der Waals surface area contributed by atoms with E-state index in [2.05, 4.69) is 5.32 Å². The molecule has 11 heteroatoms. The Kier molecular flexibility index (Phi) is 6.82. The van der Waals surface area contributed by atoms with Gasteiger partial charge in [0.1, 0.15) is 6.23 Å². The largest absolute Gasteiger partial charge is 0.504 e. The lowest BCUT2D eigenvalue weighted by Crippen LogP contribution is -2.71. The maximum atomic E-state index is 13.7. The number of aliphatic hydroxyl groups excluding tert-OH is 1. The summed E-state index contributed by atoms with van der Waals surface area (Å²) in [5, 5.41) is 26.0. The van der Waals surface area contributed by atoms with Crippen molar-refractivity contribution in [2.24, 2.45) is 5.73 Å². The number of aryl methyl sites for hydroxylation is 1. The SMILES string of the molecule is COC1=C(C)C(=O)C2=C(C1=O)C(CNC(=O)C(C)N)N1C(O)C3Cc4cc(C)c(OC)c(O)c4C(C1C2)N3C. The summed E-state index contributed by atoms with van der Waals surface area (Å²) in [5.41, 5.74) is 8.92. The molecule has 1 fully saturated rings. The fourth-order valence-electron chi connectivity index (χ4n) is 6.98. The van der Waals surface area contributed by atoms with Crippen molar-refractivity contribution < 1.29 is 34.1 Å². The van der Waals surface area contributed by atoms with Crippen LogP contribution in [0.25, 0.3) is 0 Å². The standard InChI is InChI=1S/C28H36N4O7/c1-11-7-14-8-17-28(37)32-16(21(31(17)4)19(14)23(34)25(11)38-5)9-15-20(18(32)10-30-27(36)13(3)29)24(35)26(39-6)12(2)22(15)33/h7,13,16-18,21,28,34,37H,8-10,29H2,1-6H3,(H,30,36). The Morgan fingerprint density at radius 2 is 1.87 bits per heavy atom. The first-order valence-corrected chi connectivity index (χ1v) is 13.1. The zero-order valence-electron chi connectivity index (χ0n) is 23.1. The molecule has 3 heterocycles. The summed E-state index contributed by atoms with van der Waals surface area (Å²) in [6.07, 6.45) is -0.411. The van der Waals surface area contributed by atoms with Gasteiger partial charge in [0.2, 0.25) is 11.7 Å². The number of aliphatic hydroxyl groups is 1. The molecule has 3 aliphatic heterocycles. The summed E-state index contributed by atoms with van der Waals surface area (Å²) in [6, 6.07) is -0.912. The third-order valence-electron chi connectivity index (χ3n) is 8.78. The van der Waals surface area contributed by atoms with Gasteiger partial charge in [-0.25, -0.2) is 0 Å². The molecule has 1 aromatic carbocycles. The number of allylic oxidation sites excluding steroid dienone is 2. The van der Waals surface area contributed by atoms with Gasteiger partial charge in [0.05, 0.1) is 38.4 Å². The molecule has 210 valence electrons. The summed E-state index contributed by atoms with van der Waals surface area (Å²) in [6.45, 7) is 4.94. The summed E-state index contributed by atoms with van der Waals surface area (Å²) >= 11 is 0. The molecule has 1 aromatic rings. The Bertz CT molecular complexity index is 1330. The van der Waals surface area contributed by atoms with Gasteiger partial charge < -0.3 is 30.7 Å². The molecule has 5 N–H and O–H groups in total. The lowest BCUT2D eigenvalue weighted by atomic mass is 9.71. The van der Waals surface area contributed by atoms with E-state index in [1.807, 2.05) is 29.8 Å². The van der Waals surface area contributed by atoms with E-state index in [0.29, 0.717) is 23.3 Å². The molecule has 0 saturated carbocycles. The minimum absolute atomic E-state index is 0.0320. The lowest BCUT2D eigenvalue weighted by molar-refractivity contribution is -0.167. The van der Waals surface area contributed by atoms with E-state index >= 15 is 0 Å². The number of carbonyl (C=O) groups excluding carboxylic acids is 3. The van der Waals surface area contributed by atoms with Crippen LogP contribution in [0.15, 0.2) is 28.5 Å². The minimum atomic E-state index is -1.03. The monoisotopic (exact) mass is 540 g/mol. The van der Waals surface area contributed by atoms with Gasteiger partial charge >= 0.3 is 0 Å². The van der Waals surface area contributed by atoms with E-state index in [9.17, 15) is 24.6 Å². The van der Waals surface area contributed by atoms with E-state index < -0.39 is 42.1 Å². The fourth-order valence-corrected chi connectivity index (χ4v) is 6.98. The number of phenolic OH excluding ortho intramolecular Hbond substituents is 1.